The zero-order valence-electron chi connectivity index (χ0n) is 20.7. The number of aromatic hydroxyl groups is 1. The highest BCUT2D eigenvalue weighted by Gasteiger charge is 2.47. The van der Waals surface area contributed by atoms with Gasteiger partial charge >= 0.3 is 0 Å². The highest BCUT2D eigenvalue weighted by Crippen LogP contribution is 2.44. The van der Waals surface area contributed by atoms with E-state index in [1.807, 2.05) is 32.9 Å². The van der Waals surface area contributed by atoms with Crippen molar-refractivity contribution in [2.24, 2.45) is 0 Å². The summed E-state index contributed by atoms with van der Waals surface area (Å²) in [5, 5.41) is 21.7. The van der Waals surface area contributed by atoms with Gasteiger partial charge in [0, 0.05) is 11.3 Å². The second-order valence-corrected chi connectivity index (χ2v) is 8.57. The summed E-state index contributed by atoms with van der Waals surface area (Å²) >= 11 is 0. The summed E-state index contributed by atoms with van der Waals surface area (Å²) in [6, 6.07) is 16.1. The molecule has 1 aliphatic rings. The number of phenols is 1. The molecule has 0 bridgehead atoms. The smallest absolute Gasteiger partial charge is 0.300 e. The van der Waals surface area contributed by atoms with Gasteiger partial charge in [-0.05, 0) is 81.3 Å². The first-order valence-electron chi connectivity index (χ1n) is 11.8. The Kier molecular flexibility index (Phi) is 7.01. The minimum absolute atomic E-state index is 0.0317. The molecule has 1 saturated heterocycles. The molecule has 1 heterocycles. The summed E-state index contributed by atoms with van der Waals surface area (Å²) < 4.78 is 11.1. The molecule has 1 atom stereocenters. The van der Waals surface area contributed by atoms with Gasteiger partial charge in [-0.3, -0.25) is 14.5 Å². The van der Waals surface area contributed by atoms with E-state index in [1.165, 1.54) is 11.0 Å². The number of anilines is 1. The van der Waals surface area contributed by atoms with Crippen LogP contribution in [0.5, 0.6) is 17.2 Å². The van der Waals surface area contributed by atoms with Crippen molar-refractivity contribution in [2.45, 2.75) is 33.7 Å². The fourth-order valence-corrected chi connectivity index (χ4v) is 4.39. The fraction of sp³-hybridized carbons (Fsp3) is 0.241. The predicted molar refractivity (Wildman–Crippen MR) is 138 cm³/mol. The van der Waals surface area contributed by atoms with Crippen LogP contribution in [0.4, 0.5) is 5.69 Å². The van der Waals surface area contributed by atoms with Gasteiger partial charge in [-0.15, -0.1) is 0 Å². The molecule has 7 heteroatoms. The minimum Gasteiger partial charge on any atom is -0.507 e. The fourth-order valence-electron chi connectivity index (χ4n) is 4.39. The molecule has 1 fully saturated rings. The van der Waals surface area contributed by atoms with E-state index >= 15 is 0 Å². The monoisotopic (exact) mass is 487 g/mol. The lowest BCUT2D eigenvalue weighted by Gasteiger charge is -2.26. The van der Waals surface area contributed by atoms with Gasteiger partial charge in [-0.25, -0.2) is 0 Å². The summed E-state index contributed by atoms with van der Waals surface area (Å²) in [5.41, 5.74) is 3.10. The molecule has 7 nitrogen and oxygen atoms in total. The van der Waals surface area contributed by atoms with Crippen LogP contribution in [0.15, 0.2) is 66.2 Å². The van der Waals surface area contributed by atoms with E-state index in [4.69, 9.17) is 9.47 Å². The molecule has 0 saturated carbocycles. The molecule has 0 spiro atoms. The summed E-state index contributed by atoms with van der Waals surface area (Å²) in [7, 11) is 0. The molecule has 186 valence electrons. The van der Waals surface area contributed by atoms with Gasteiger partial charge in [0.2, 0.25) is 0 Å². The molecule has 2 N–H and O–H groups in total. The van der Waals surface area contributed by atoms with Crippen molar-refractivity contribution in [1.29, 1.82) is 0 Å². The standard InChI is InChI=1S/C29H29NO6/c1-5-35-21-12-10-20(11-13-21)30-26(19-9-14-23(31)24(16-19)36-6-2)25(28(33)29(30)34)27(32)22-15-17(3)7-8-18(22)4/h7-16,26,31-32H,5-6H2,1-4H3/b27-25+. The molecule has 36 heavy (non-hydrogen) atoms. The lowest BCUT2D eigenvalue weighted by Crippen LogP contribution is -2.29. The quantitative estimate of drug-likeness (QED) is 0.262. The number of rotatable bonds is 7. The number of aliphatic hydroxyl groups is 1. The first kappa shape index (κ1) is 24.9. The number of hydrogen-bond acceptors (Lipinski definition) is 6. The number of phenolic OH excluding ortho intramolecular Hbond substituents is 1. The Balaban J connectivity index is 1.95. The van der Waals surface area contributed by atoms with Gasteiger partial charge < -0.3 is 19.7 Å². The zero-order chi connectivity index (χ0) is 26.0. The van der Waals surface area contributed by atoms with E-state index in [1.54, 1.807) is 49.4 Å². The van der Waals surface area contributed by atoms with Gasteiger partial charge in [0.15, 0.2) is 11.5 Å². The van der Waals surface area contributed by atoms with E-state index in [0.717, 1.165) is 11.1 Å². The lowest BCUT2D eigenvalue weighted by atomic mass is 9.93. The molecular formula is C29H29NO6. The maximum Gasteiger partial charge on any atom is 0.300 e. The van der Waals surface area contributed by atoms with Crippen LogP contribution in [0.1, 0.15) is 42.1 Å². The maximum absolute atomic E-state index is 13.4. The second-order valence-electron chi connectivity index (χ2n) is 8.57. The van der Waals surface area contributed by atoms with Crippen molar-refractivity contribution in [2.75, 3.05) is 18.1 Å². The number of ketones is 1. The van der Waals surface area contributed by atoms with Crippen molar-refractivity contribution < 1.29 is 29.3 Å². The molecule has 0 aliphatic carbocycles. The highest BCUT2D eigenvalue weighted by atomic mass is 16.5. The van der Waals surface area contributed by atoms with E-state index in [0.29, 0.717) is 35.8 Å². The van der Waals surface area contributed by atoms with E-state index in [-0.39, 0.29) is 22.8 Å². The lowest BCUT2D eigenvalue weighted by molar-refractivity contribution is -0.132. The van der Waals surface area contributed by atoms with Crippen LogP contribution in [0.2, 0.25) is 0 Å². The van der Waals surface area contributed by atoms with E-state index < -0.39 is 17.7 Å². The molecule has 0 aromatic heterocycles. The Morgan fingerprint density at radius 2 is 1.61 bits per heavy atom. The van der Waals surface area contributed by atoms with Crippen molar-refractivity contribution in [3.05, 3.63) is 88.5 Å². The molecule has 3 aromatic rings. The van der Waals surface area contributed by atoms with Crippen LogP contribution < -0.4 is 14.4 Å². The largest absolute Gasteiger partial charge is 0.507 e. The van der Waals surface area contributed by atoms with Crippen LogP contribution in [0.3, 0.4) is 0 Å². The van der Waals surface area contributed by atoms with E-state index in [9.17, 15) is 19.8 Å². The molecule has 1 amide bonds. The molecule has 4 rings (SSSR count). The van der Waals surface area contributed by atoms with E-state index in [2.05, 4.69) is 0 Å². The summed E-state index contributed by atoms with van der Waals surface area (Å²) in [5.74, 6) is -1.01. The topological polar surface area (TPSA) is 96.3 Å². The molecule has 3 aromatic carbocycles. The van der Waals surface area contributed by atoms with Crippen LogP contribution >= 0.6 is 0 Å². The summed E-state index contributed by atoms with van der Waals surface area (Å²) in [6.45, 7) is 8.20. The van der Waals surface area contributed by atoms with Crippen LogP contribution in [0, 0.1) is 13.8 Å². The number of aliphatic hydroxyl groups excluding tert-OH is 1. The summed E-state index contributed by atoms with van der Waals surface area (Å²) in [6.07, 6.45) is 0. The molecule has 1 aliphatic heterocycles. The number of nitrogens with zero attached hydrogens (tertiary/aromatic N) is 1. The SMILES string of the molecule is CCOc1ccc(N2C(=O)C(=O)/C(=C(/O)c3cc(C)ccc3C)C2c2ccc(O)c(OCC)c2)cc1. The van der Waals surface area contributed by atoms with Crippen molar-refractivity contribution >= 4 is 23.1 Å². The maximum atomic E-state index is 13.4. The minimum atomic E-state index is -0.942. The Bertz CT molecular complexity index is 1340. The number of carbonyl (C=O) groups excluding carboxylic acids is 2. The number of amides is 1. The molecule has 0 radical (unpaired) electrons. The van der Waals surface area contributed by atoms with Crippen LogP contribution in [-0.2, 0) is 9.59 Å². The van der Waals surface area contributed by atoms with Gasteiger partial charge in [0.25, 0.3) is 11.7 Å². The third kappa shape index (κ3) is 4.52. The zero-order valence-corrected chi connectivity index (χ0v) is 20.7. The molecular weight excluding hydrogens is 458 g/mol. The average molecular weight is 488 g/mol. The van der Waals surface area contributed by atoms with Crippen LogP contribution in [-0.4, -0.2) is 35.1 Å². The Hall–Kier alpha value is -4.26. The van der Waals surface area contributed by atoms with Crippen molar-refractivity contribution in [3.63, 3.8) is 0 Å². The first-order valence-corrected chi connectivity index (χ1v) is 11.8. The predicted octanol–water partition coefficient (Wildman–Crippen LogP) is 5.43. The number of ether oxygens (including phenoxy) is 2. The number of hydrogen-bond donors (Lipinski definition) is 2. The average Bonchev–Trinajstić information content (AvgIpc) is 3.13. The third-order valence-corrected chi connectivity index (χ3v) is 6.12. The Morgan fingerprint density at radius 3 is 2.28 bits per heavy atom. The number of benzene rings is 3. The van der Waals surface area contributed by atoms with Gasteiger partial charge in [-0.2, -0.15) is 0 Å². The summed E-state index contributed by atoms with van der Waals surface area (Å²) in [4.78, 5) is 28.2. The Labute approximate surface area is 210 Å². The Morgan fingerprint density at radius 1 is 0.917 bits per heavy atom. The van der Waals surface area contributed by atoms with Crippen LogP contribution in [0.25, 0.3) is 5.76 Å². The normalized spacial score (nSPS) is 16.9. The van der Waals surface area contributed by atoms with Gasteiger partial charge in [0.1, 0.15) is 11.5 Å². The van der Waals surface area contributed by atoms with Crippen molar-refractivity contribution in [1.82, 2.24) is 0 Å². The van der Waals surface area contributed by atoms with Gasteiger partial charge in [-0.1, -0.05) is 23.8 Å². The first-order chi connectivity index (χ1) is 17.3. The molecule has 1 unspecified atom stereocenters. The van der Waals surface area contributed by atoms with Gasteiger partial charge in [0.05, 0.1) is 24.8 Å². The number of carbonyl (C=O) groups is 2. The number of Topliss-reactive ketones (excluding diaryl/α,β-unsaturated/α-hetero) is 1. The second kappa shape index (κ2) is 10.2. The third-order valence-electron chi connectivity index (χ3n) is 6.12. The highest BCUT2D eigenvalue weighted by molar-refractivity contribution is 6.51. The van der Waals surface area contributed by atoms with Crippen molar-refractivity contribution in [3.8, 4) is 17.2 Å². The number of aryl methyl sites for hydroxylation is 2.